The summed E-state index contributed by atoms with van der Waals surface area (Å²) in [5.41, 5.74) is 1.19. The summed E-state index contributed by atoms with van der Waals surface area (Å²) in [5, 5.41) is 18.3. The van der Waals surface area contributed by atoms with Crippen LogP contribution in [-0.2, 0) is 16.1 Å². The van der Waals surface area contributed by atoms with Crippen LogP contribution in [0.4, 0.5) is 0 Å². The largest absolute Gasteiger partial charge is 0.496 e. The average molecular weight is 268 g/mol. The zero-order valence-electron chi connectivity index (χ0n) is 11.6. The van der Waals surface area contributed by atoms with Crippen molar-refractivity contribution in [1.82, 2.24) is 0 Å². The Labute approximate surface area is 114 Å². The number of rotatable bonds is 8. The van der Waals surface area contributed by atoms with Crippen LogP contribution in [-0.4, -0.2) is 43.6 Å². The van der Waals surface area contributed by atoms with Crippen LogP contribution in [0.25, 0.3) is 0 Å². The van der Waals surface area contributed by atoms with Gasteiger partial charge in [-0.3, -0.25) is 0 Å². The first-order valence-electron chi connectivity index (χ1n) is 6.30. The third-order valence-electron chi connectivity index (χ3n) is 2.68. The van der Waals surface area contributed by atoms with E-state index in [9.17, 15) is 0 Å². The predicted octanol–water partition coefficient (Wildman–Crippen LogP) is 0.317. The molecule has 0 heterocycles. The van der Waals surface area contributed by atoms with E-state index in [-0.39, 0.29) is 6.10 Å². The number of hydrogen-bond acceptors (Lipinski definition) is 5. The highest BCUT2D eigenvalue weighted by atomic mass is 16.5. The quantitative estimate of drug-likeness (QED) is 0.664. The molecule has 0 aliphatic rings. The van der Waals surface area contributed by atoms with Gasteiger partial charge in [0.05, 0.1) is 26.4 Å². The number of ether oxygens (including phenoxy) is 3. The molecule has 0 bridgehead atoms. The van der Waals surface area contributed by atoms with Gasteiger partial charge in [0.25, 0.3) is 0 Å². The summed E-state index contributed by atoms with van der Waals surface area (Å²) in [7, 11) is 0.0721. The maximum Gasteiger partial charge on any atom is 0.488 e. The molecule has 0 amide bonds. The van der Waals surface area contributed by atoms with Crippen LogP contribution in [0.3, 0.4) is 0 Å². The first kappa shape index (κ1) is 16.0. The molecule has 0 saturated carbocycles. The van der Waals surface area contributed by atoms with Gasteiger partial charge in [0.2, 0.25) is 0 Å². The van der Waals surface area contributed by atoms with E-state index in [1.165, 1.54) is 0 Å². The molecule has 6 heteroatoms. The summed E-state index contributed by atoms with van der Waals surface area (Å²) < 4.78 is 16.1. The molecule has 0 saturated heterocycles. The second-order valence-corrected chi connectivity index (χ2v) is 4.23. The van der Waals surface area contributed by atoms with Crippen molar-refractivity contribution < 1.29 is 24.3 Å². The fourth-order valence-corrected chi connectivity index (χ4v) is 1.64. The highest BCUT2D eigenvalue weighted by Gasteiger charge is 2.14. The summed E-state index contributed by atoms with van der Waals surface area (Å²) in [6.07, 6.45) is -0.0348. The molecule has 0 aromatic heterocycles. The van der Waals surface area contributed by atoms with Crippen LogP contribution in [0, 0.1) is 0 Å². The molecule has 1 aromatic carbocycles. The van der Waals surface area contributed by atoms with Crippen LogP contribution in [0.1, 0.15) is 19.4 Å². The normalized spacial score (nSPS) is 12.3. The van der Waals surface area contributed by atoms with Gasteiger partial charge in [0.1, 0.15) is 5.75 Å². The molecular formula is C13H21BO5. The molecule has 0 aliphatic carbocycles. The van der Waals surface area contributed by atoms with E-state index in [4.69, 9.17) is 24.3 Å². The third-order valence-corrected chi connectivity index (χ3v) is 2.68. The van der Waals surface area contributed by atoms with Crippen molar-refractivity contribution in [3.8, 4) is 5.75 Å². The van der Waals surface area contributed by atoms with Crippen LogP contribution < -0.4 is 10.2 Å². The van der Waals surface area contributed by atoms with Gasteiger partial charge in [-0.25, -0.2) is 0 Å². The van der Waals surface area contributed by atoms with E-state index in [2.05, 4.69) is 0 Å². The second kappa shape index (κ2) is 8.17. The molecule has 5 nitrogen and oxygen atoms in total. The predicted molar refractivity (Wildman–Crippen MR) is 73.6 cm³/mol. The van der Waals surface area contributed by atoms with Crippen molar-refractivity contribution in [2.24, 2.45) is 0 Å². The third kappa shape index (κ3) is 5.20. The van der Waals surface area contributed by atoms with Crippen molar-refractivity contribution in [2.75, 3.05) is 20.3 Å². The Morgan fingerprint density at radius 3 is 2.63 bits per heavy atom. The SMILES string of the molecule is CCOCC(C)OCc1cc(B(O)O)ccc1OC. The molecule has 0 fully saturated rings. The Kier molecular flexibility index (Phi) is 6.87. The first-order valence-corrected chi connectivity index (χ1v) is 6.30. The lowest BCUT2D eigenvalue weighted by Gasteiger charge is -2.15. The summed E-state index contributed by atoms with van der Waals surface area (Å²) in [5.74, 6) is 0.660. The number of benzene rings is 1. The maximum absolute atomic E-state index is 9.16. The molecule has 1 aromatic rings. The van der Waals surface area contributed by atoms with Gasteiger partial charge < -0.3 is 24.3 Å². The Morgan fingerprint density at radius 2 is 2.05 bits per heavy atom. The molecule has 1 unspecified atom stereocenters. The standard InChI is InChI=1S/C13H21BO5/c1-4-18-8-10(2)19-9-11-7-12(14(15)16)5-6-13(11)17-3/h5-7,10,15-16H,4,8-9H2,1-3H3. The van der Waals surface area contributed by atoms with Gasteiger partial charge in [-0.15, -0.1) is 0 Å². The summed E-state index contributed by atoms with van der Waals surface area (Å²) in [6.45, 7) is 5.37. The molecule has 2 N–H and O–H groups in total. The van der Waals surface area contributed by atoms with Crippen molar-refractivity contribution in [2.45, 2.75) is 26.6 Å². The minimum Gasteiger partial charge on any atom is -0.496 e. The van der Waals surface area contributed by atoms with Crippen molar-refractivity contribution >= 4 is 12.6 Å². The van der Waals surface area contributed by atoms with Crippen molar-refractivity contribution in [3.05, 3.63) is 23.8 Å². The zero-order valence-corrected chi connectivity index (χ0v) is 11.6. The maximum atomic E-state index is 9.16. The molecular weight excluding hydrogens is 247 g/mol. The van der Waals surface area contributed by atoms with Gasteiger partial charge in [-0.1, -0.05) is 12.1 Å². The molecule has 106 valence electrons. The second-order valence-electron chi connectivity index (χ2n) is 4.23. The Morgan fingerprint density at radius 1 is 1.32 bits per heavy atom. The van der Waals surface area contributed by atoms with Gasteiger partial charge in [0, 0.05) is 12.2 Å². The van der Waals surface area contributed by atoms with Crippen molar-refractivity contribution in [3.63, 3.8) is 0 Å². The lowest BCUT2D eigenvalue weighted by atomic mass is 9.79. The molecule has 1 rings (SSSR count). The van der Waals surface area contributed by atoms with Gasteiger partial charge >= 0.3 is 7.12 Å². The fraction of sp³-hybridized carbons (Fsp3) is 0.538. The smallest absolute Gasteiger partial charge is 0.488 e. The van der Waals surface area contributed by atoms with E-state index in [0.29, 0.717) is 31.0 Å². The Bertz CT molecular complexity index is 383. The number of hydrogen-bond donors (Lipinski definition) is 2. The Balaban J connectivity index is 2.67. The topological polar surface area (TPSA) is 68.2 Å². The molecule has 0 aliphatic heterocycles. The lowest BCUT2D eigenvalue weighted by Crippen LogP contribution is -2.30. The van der Waals surface area contributed by atoms with Gasteiger partial charge in [-0.2, -0.15) is 0 Å². The summed E-state index contributed by atoms with van der Waals surface area (Å²) in [6, 6.07) is 4.97. The van der Waals surface area contributed by atoms with Crippen LogP contribution >= 0.6 is 0 Å². The summed E-state index contributed by atoms with van der Waals surface area (Å²) >= 11 is 0. The molecule has 1 atom stereocenters. The van der Waals surface area contributed by atoms with Gasteiger partial charge in [-0.05, 0) is 25.4 Å². The Hall–Kier alpha value is -1.08. The highest BCUT2D eigenvalue weighted by Crippen LogP contribution is 2.18. The van der Waals surface area contributed by atoms with E-state index in [1.807, 2.05) is 13.8 Å². The molecule has 0 spiro atoms. The summed E-state index contributed by atoms with van der Waals surface area (Å²) in [4.78, 5) is 0. The fourth-order valence-electron chi connectivity index (χ4n) is 1.64. The van der Waals surface area contributed by atoms with E-state index >= 15 is 0 Å². The first-order chi connectivity index (χ1) is 9.08. The minimum atomic E-state index is -1.49. The van der Waals surface area contributed by atoms with E-state index in [0.717, 1.165) is 5.56 Å². The lowest BCUT2D eigenvalue weighted by molar-refractivity contribution is -0.0121. The minimum absolute atomic E-state index is 0.0348. The van der Waals surface area contributed by atoms with Crippen LogP contribution in [0.2, 0.25) is 0 Å². The van der Waals surface area contributed by atoms with Gasteiger partial charge in [0.15, 0.2) is 0 Å². The number of methoxy groups -OCH3 is 1. The molecule has 0 radical (unpaired) electrons. The highest BCUT2D eigenvalue weighted by molar-refractivity contribution is 6.58. The molecule has 19 heavy (non-hydrogen) atoms. The van der Waals surface area contributed by atoms with Crippen LogP contribution in [0.15, 0.2) is 18.2 Å². The van der Waals surface area contributed by atoms with E-state index in [1.54, 1.807) is 25.3 Å². The monoisotopic (exact) mass is 268 g/mol. The average Bonchev–Trinajstić information content (AvgIpc) is 2.42. The van der Waals surface area contributed by atoms with Crippen molar-refractivity contribution in [1.29, 1.82) is 0 Å². The van der Waals surface area contributed by atoms with Crippen LogP contribution in [0.5, 0.6) is 5.75 Å². The zero-order chi connectivity index (χ0) is 14.3. The van der Waals surface area contributed by atoms with E-state index < -0.39 is 7.12 Å².